The maximum absolute atomic E-state index is 13.6. The van der Waals surface area contributed by atoms with E-state index in [9.17, 15) is 24.8 Å². The van der Waals surface area contributed by atoms with Gasteiger partial charge < -0.3 is 29.7 Å². The fourth-order valence-corrected chi connectivity index (χ4v) is 4.27. The van der Waals surface area contributed by atoms with E-state index in [0.29, 0.717) is 22.8 Å². The molecule has 0 amide bonds. The first-order valence-electron chi connectivity index (χ1n) is 10.8. The van der Waals surface area contributed by atoms with Crippen molar-refractivity contribution in [2.24, 2.45) is 7.05 Å². The van der Waals surface area contributed by atoms with Gasteiger partial charge >= 0.3 is 0 Å². The molecule has 1 unspecified atom stereocenters. The maximum atomic E-state index is 13.6. The first-order valence-corrected chi connectivity index (χ1v) is 10.8. The summed E-state index contributed by atoms with van der Waals surface area (Å²) in [6.45, 7) is -0.568. The molecule has 0 spiro atoms. The summed E-state index contributed by atoms with van der Waals surface area (Å²) in [5.41, 5.74) is 3.18. The van der Waals surface area contributed by atoms with E-state index >= 15 is 0 Å². The highest BCUT2D eigenvalue weighted by Gasteiger charge is 2.45. The largest absolute Gasteiger partial charge is 0.394 e. The van der Waals surface area contributed by atoms with Gasteiger partial charge in [-0.3, -0.25) is 4.98 Å². The van der Waals surface area contributed by atoms with Gasteiger partial charge in [-0.1, -0.05) is 5.21 Å². The summed E-state index contributed by atoms with van der Waals surface area (Å²) in [5.74, 6) is 0.0626. The molecule has 1 aromatic carbocycles. The molecule has 1 fully saturated rings. The van der Waals surface area contributed by atoms with Crippen LogP contribution in [-0.4, -0.2) is 81.2 Å². The van der Waals surface area contributed by atoms with Gasteiger partial charge in [0.1, 0.15) is 35.9 Å². The smallest absolute Gasteiger partial charge is 0.180 e. The summed E-state index contributed by atoms with van der Waals surface area (Å²) < 4.78 is 21.8. The predicted molar refractivity (Wildman–Crippen MR) is 120 cm³/mol. The lowest BCUT2D eigenvalue weighted by atomic mass is 9.97. The number of halogens is 1. The van der Waals surface area contributed by atoms with Gasteiger partial charge in [0.05, 0.1) is 24.2 Å². The molecule has 0 saturated carbocycles. The minimum absolute atomic E-state index is 0.328. The number of ether oxygens (including phenoxy) is 1. The van der Waals surface area contributed by atoms with Crippen LogP contribution in [-0.2, 0) is 11.8 Å². The third kappa shape index (κ3) is 4.11. The Balaban J connectivity index is 1.57. The molecule has 12 heteroatoms. The zero-order valence-corrected chi connectivity index (χ0v) is 18.5. The van der Waals surface area contributed by atoms with Crippen LogP contribution in [0.1, 0.15) is 6.04 Å². The molecule has 0 bridgehead atoms. The zero-order valence-electron chi connectivity index (χ0n) is 18.5. The van der Waals surface area contributed by atoms with E-state index < -0.39 is 37.3 Å². The van der Waals surface area contributed by atoms with Crippen LogP contribution in [0, 0.1) is 5.82 Å². The van der Waals surface area contributed by atoms with Crippen molar-refractivity contribution in [2.75, 3.05) is 6.61 Å². The molecule has 1 saturated heterocycles. The average molecular weight is 482 g/mol. The van der Waals surface area contributed by atoms with Gasteiger partial charge in [-0.15, -0.1) is 5.10 Å². The fourth-order valence-electron chi connectivity index (χ4n) is 4.27. The molecule has 4 heterocycles. The van der Waals surface area contributed by atoms with Crippen molar-refractivity contribution >= 4 is 0 Å². The van der Waals surface area contributed by atoms with E-state index in [-0.39, 0.29) is 5.82 Å². The monoisotopic (exact) mass is 482 g/mol. The van der Waals surface area contributed by atoms with Crippen molar-refractivity contribution in [3.63, 3.8) is 0 Å². The van der Waals surface area contributed by atoms with Crippen LogP contribution in [0.3, 0.4) is 0 Å². The van der Waals surface area contributed by atoms with Gasteiger partial charge in [0.2, 0.25) is 0 Å². The van der Waals surface area contributed by atoms with Crippen molar-refractivity contribution in [1.82, 2.24) is 29.5 Å². The number of benzene rings is 1. The van der Waals surface area contributed by atoms with E-state index in [1.165, 1.54) is 23.0 Å². The van der Waals surface area contributed by atoms with Gasteiger partial charge in [-0.25, -0.2) is 14.1 Å². The topological polar surface area (TPSA) is 152 Å². The van der Waals surface area contributed by atoms with Crippen molar-refractivity contribution in [1.29, 1.82) is 0 Å². The van der Waals surface area contributed by atoms with E-state index in [2.05, 4.69) is 15.3 Å². The Kier molecular flexibility index (Phi) is 6.13. The molecule has 182 valence electrons. The fraction of sp³-hybridized carbons (Fsp3) is 0.304. The Bertz CT molecular complexity index is 1310. The summed E-state index contributed by atoms with van der Waals surface area (Å²) in [4.78, 5) is 8.82. The summed E-state index contributed by atoms with van der Waals surface area (Å²) >= 11 is 0. The Morgan fingerprint density at radius 3 is 2.40 bits per heavy atom. The highest BCUT2D eigenvalue weighted by molar-refractivity contribution is 5.81. The van der Waals surface area contributed by atoms with Gasteiger partial charge in [0.15, 0.2) is 12.1 Å². The molecule has 1 aliphatic heterocycles. The van der Waals surface area contributed by atoms with Gasteiger partial charge in [0.25, 0.3) is 0 Å². The minimum Gasteiger partial charge on any atom is -0.394 e. The molecule has 3 aromatic heterocycles. The SMILES string of the molecule is Cn1c(-c2cn([C@H]3C(O)O[C@H](CO)[C@@H](O)[C@@H]3O)nn2)nc(-c2ccc(F)cc2)c1-c1ccncc1. The minimum atomic E-state index is -1.54. The first kappa shape index (κ1) is 23.2. The van der Waals surface area contributed by atoms with Crippen molar-refractivity contribution in [3.8, 4) is 34.0 Å². The van der Waals surface area contributed by atoms with E-state index in [1.807, 2.05) is 16.7 Å². The third-order valence-corrected chi connectivity index (χ3v) is 6.08. The summed E-state index contributed by atoms with van der Waals surface area (Å²) in [6.07, 6.45) is -0.780. The molecule has 11 nitrogen and oxygen atoms in total. The number of pyridine rings is 1. The number of aliphatic hydroxyl groups is 4. The van der Waals surface area contributed by atoms with Crippen LogP contribution in [0.4, 0.5) is 4.39 Å². The highest BCUT2D eigenvalue weighted by Crippen LogP contribution is 2.35. The molecule has 35 heavy (non-hydrogen) atoms. The van der Waals surface area contributed by atoms with Crippen LogP contribution in [0.2, 0.25) is 0 Å². The predicted octanol–water partition coefficient (Wildman–Crippen LogP) is 0.519. The van der Waals surface area contributed by atoms with Crippen molar-refractivity contribution in [2.45, 2.75) is 30.6 Å². The zero-order chi connectivity index (χ0) is 24.7. The molecular weight excluding hydrogens is 459 g/mol. The second-order valence-corrected chi connectivity index (χ2v) is 8.24. The van der Waals surface area contributed by atoms with E-state index in [4.69, 9.17) is 9.72 Å². The second-order valence-electron chi connectivity index (χ2n) is 8.24. The maximum Gasteiger partial charge on any atom is 0.180 e. The lowest BCUT2D eigenvalue weighted by molar-refractivity contribution is -0.265. The molecule has 5 atom stereocenters. The number of aliphatic hydroxyl groups excluding tert-OH is 4. The molecule has 0 radical (unpaired) electrons. The lowest BCUT2D eigenvalue weighted by Crippen LogP contribution is -2.56. The van der Waals surface area contributed by atoms with Gasteiger partial charge in [0, 0.05) is 30.6 Å². The third-order valence-electron chi connectivity index (χ3n) is 6.08. The summed E-state index contributed by atoms with van der Waals surface area (Å²) in [5, 5.41) is 48.6. The highest BCUT2D eigenvalue weighted by atomic mass is 19.1. The Hall–Kier alpha value is -3.55. The molecule has 5 rings (SSSR count). The van der Waals surface area contributed by atoms with E-state index in [1.54, 1.807) is 31.6 Å². The van der Waals surface area contributed by atoms with E-state index in [0.717, 1.165) is 11.3 Å². The number of imidazole rings is 1. The van der Waals surface area contributed by atoms with Crippen LogP contribution in [0.5, 0.6) is 0 Å². The normalized spacial score (nSPS) is 24.6. The van der Waals surface area contributed by atoms with Crippen molar-refractivity contribution < 1.29 is 29.6 Å². The second kappa shape index (κ2) is 9.24. The standard InChI is InChI=1S/C23H23FN6O5/c1-29-18(13-6-8-25-9-7-13)17(12-2-4-14(24)5-3-12)26-22(29)15-10-30(28-27-15)19-21(33)20(32)16(11-31)35-23(19)34/h2-10,16,19-21,23,31-34H,11H2,1H3/t16-,19-,20-,21-,23?/m1/s1. The van der Waals surface area contributed by atoms with Gasteiger partial charge in [-0.05, 0) is 36.4 Å². The molecule has 1 aliphatic rings. The average Bonchev–Trinajstić information content (AvgIpc) is 3.47. The Labute approximate surface area is 198 Å². The first-order chi connectivity index (χ1) is 16.9. The van der Waals surface area contributed by atoms with Crippen LogP contribution < -0.4 is 0 Å². The number of aromatic nitrogens is 6. The quantitative estimate of drug-likeness (QED) is 0.319. The number of hydrogen-bond donors (Lipinski definition) is 4. The van der Waals surface area contributed by atoms with Crippen molar-refractivity contribution in [3.05, 3.63) is 60.8 Å². The molecular formula is C23H23FN6O5. The molecule has 4 aromatic rings. The van der Waals surface area contributed by atoms with Crippen LogP contribution >= 0.6 is 0 Å². The number of rotatable bonds is 5. The van der Waals surface area contributed by atoms with Gasteiger partial charge in [-0.2, -0.15) is 0 Å². The molecule has 0 aliphatic carbocycles. The van der Waals surface area contributed by atoms with Crippen LogP contribution in [0.25, 0.3) is 34.0 Å². The molecule has 4 N–H and O–H groups in total. The lowest BCUT2D eigenvalue weighted by Gasteiger charge is -2.39. The Morgan fingerprint density at radius 2 is 1.71 bits per heavy atom. The summed E-state index contributed by atoms with van der Waals surface area (Å²) in [6, 6.07) is 8.47. The Morgan fingerprint density at radius 1 is 1.00 bits per heavy atom. The summed E-state index contributed by atoms with van der Waals surface area (Å²) in [7, 11) is 1.80. The number of hydrogen-bond acceptors (Lipinski definition) is 9. The van der Waals surface area contributed by atoms with Crippen LogP contribution in [0.15, 0.2) is 55.0 Å². The number of nitrogens with zero attached hydrogens (tertiary/aromatic N) is 6.